The van der Waals surface area contributed by atoms with Gasteiger partial charge in [-0.3, -0.25) is 0 Å². The molecule has 0 saturated carbocycles. The number of hydrogen-bond donors (Lipinski definition) is 1. The van der Waals surface area contributed by atoms with E-state index in [1.54, 1.807) is 12.3 Å². The molecule has 0 spiro atoms. The SMILES string of the molecule is Cc1cc(Br)c(F)c(Br)c1NCc1cnc(Cl)s1. The summed E-state index contributed by atoms with van der Waals surface area (Å²) in [5.74, 6) is -0.314. The lowest BCUT2D eigenvalue weighted by molar-refractivity contribution is 0.614. The number of anilines is 1. The first kappa shape index (κ1) is 14.2. The molecule has 2 aromatic rings. The Hall–Kier alpha value is -0.170. The summed E-state index contributed by atoms with van der Waals surface area (Å²) in [6.45, 7) is 2.47. The second-order valence-electron chi connectivity index (χ2n) is 3.61. The molecule has 18 heavy (non-hydrogen) atoms. The molecule has 0 fully saturated rings. The zero-order valence-electron chi connectivity index (χ0n) is 9.23. The molecule has 0 aliphatic heterocycles. The van der Waals surface area contributed by atoms with Gasteiger partial charge in [-0.1, -0.05) is 11.6 Å². The number of rotatable bonds is 3. The molecule has 0 bridgehead atoms. The standard InChI is InChI=1S/C11H8Br2ClFN2S/c1-5-2-7(12)9(15)8(13)10(5)16-3-6-4-17-11(14)18-6/h2,4,16H,3H2,1H3. The highest BCUT2D eigenvalue weighted by Crippen LogP contribution is 2.34. The van der Waals surface area contributed by atoms with E-state index in [-0.39, 0.29) is 5.82 Å². The van der Waals surface area contributed by atoms with Crippen LogP contribution in [0.5, 0.6) is 0 Å². The Morgan fingerprint density at radius 1 is 1.50 bits per heavy atom. The van der Waals surface area contributed by atoms with Crippen LogP contribution in [0.3, 0.4) is 0 Å². The van der Waals surface area contributed by atoms with Crippen LogP contribution in [0.1, 0.15) is 10.4 Å². The molecule has 0 unspecified atom stereocenters. The number of halogens is 4. The predicted molar refractivity (Wildman–Crippen MR) is 81.0 cm³/mol. The summed E-state index contributed by atoms with van der Waals surface area (Å²) in [5.41, 5.74) is 1.69. The van der Waals surface area contributed by atoms with Crippen LogP contribution in [0.15, 0.2) is 21.2 Å². The topological polar surface area (TPSA) is 24.9 Å². The fourth-order valence-electron chi connectivity index (χ4n) is 1.47. The Balaban J connectivity index is 2.22. The Labute approximate surface area is 130 Å². The van der Waals surface area contributed by atoms with E-state index in [9.17, 15) is 4.39 Å². The maximum atomic E-state index is 13.7. The van der Waals surface area contributed by atoms with Crippen LogP contribution < -0.4 is 5.32 Å². The third-order valence-corrected chi connectivity index (χ3v) is 4.76. The normalized spacial score (nSPS) is 10.7. The summed E-state index contributed by atoms with van der Waals surface area (Å²) in [5, 5.41) is 3.18. The summed E-state index contributed by atoms with van der Waals surface area (Å²) in [6.07, 6.45) is 1.71. The van der Waals surface area contributed by atoms with Gasteiger partial charge in [0.15, 0.2) is 10.3 Å². The average molecular weight is 415 g/mol. The molecule has 0 amide bonds. The molecule has 1 aromatic heterocycles. The van der Waals surface area contributed by atoms with Crippen molar-refractivity contribution < 1.29 is 4.39 Å². The van der Waals surface area contributed by atoms with Crippen molar-refractivity contribution >= 4 is 60.5 Å². The van der Waals surface area contributed by atoms with Crippen LogP contribution in [-0.2, 0) is 6.54 Å². The number of nitrogens with zero attached hydrogens (tertiary/aromatic N) is 1. The van der Waals surface area contributed by atoms with Crippen molar-refractivity contribution in [2.45, 2.75) is 13.5 Å². The molecule has 2 rings (SSSR count). The van der Waals surface area contributed by atoms with E-state index >= 15 is 0 Å². The molecule has 7 heteroatoms. The van der Waals surface area contributed by atoms with Gasteiger partial charge in [-0.05, 0) is 50.4 Å². The molecule has 0 saturated heterocycles. The average Bonchev–Trinajstić information content (AvgIpc) is 2.72. The third kappa shape index (κ3) is 3.04. The third-order valence-electron chi connectivity index (χ3n) is 2.32. The smallest absolute Gasteiger partial charge is 0.183 e. The first-order chi connectivity index (χ1) is 8.49. The summed E-state index contributed by atoms with van der Waals surface area (Å²) >= 11 is 13.6. The van der Waals surface area contributed by atoms with Gasteiger partial charge in [0.1, 0.15) is 0 Å². The molecule has 1 N–H and O–H groups in total. The van der Waals surface area contributed by atoms with Crippen molar-refractivity contribution in [2.24, 2.45) is 0 Å². The lowest BCUT2D eigenvalue weighted by Gasteiger charge is -2.12. The molecule has 96 valence electrons. The Kier molecular flexibility index (Phi) is 4.64. The van der Waals surface area contributed by atoms with Gasteiger partial charge >= 0.3 is 0 Å². The number of hydrogen-bond acceptors (Lipinski definition) is 3. The molecule has 0 aliphatic carbocycles. The molecule has 1 aromatic carbocycles. The molecule has 0 atom stereocenters. The molecular weight excluding hydrogens is 406 g/mol. The minimum absolute atomic E-state index is 0.314. The van der Waals surface area contributed by atoms with Crippen molar-refractivity contribution in [3.05, 3.63) is 41.9 Å². The first-order valence-electron chi connectivity index (χ1n) is 4.97. The van der Waals surface area contributed by atoms with Crippen molar-refractivity contribution in [1.29, 1.82) is 0 Å². The zero-order chi connectivity index (χ0) is 13.3. The van der Waals surface area contributed by atoms with Gasteiger partial charge in [-0.2, -0.15) is 0 Å². The Morgan fingerprint density at radius 2 is 2.22 bits per heavy atom. The van der Waals surface area contributed by atoms with E-state index in [2.05, 4.69) is 42.2 Å². The second-order valence-corrected chi connectivity index (χ2v) is 6.96. The quantitative estimate of drug-likeness (QED) is 0.682. The number of benzene rings is 1. The minimum atomic E-state index is -0.314. The largest absolute Gasteiger partial charge is 0.379 e. The fourth-order valence-corrected chi connectivity index (χ4v) is 3.86. The van der Waals surface area contributed by atoms with Crippen LogP contribution in [0.2, 0.25) is 4.47 Å². The lowest BCUT2D eigenvalue weighted by atomic mass is 10.2. The summed E-state index contributed by atoms with van der Waals surface area (Å²) in [4.78, 5) is 4.95. The van der Waals surface area contributed by atoms with Crippen LogP contribution in [-0.4, -0.2) is 4.98 Å². The van der Waals surface area contributed by atoms with Crippen LogP contribution in [0.25, 0.3) is 0 Å². The van der Waals surface area contributed by atoms with Crippen LogP contribution in [0, 0.1) is 12.7 Å². The molecular formula is C11H8Br2ClFN2S. The van der Waals surface area contributed by atoms with Crippen molar-refractivity contribution in [3.63, 3.8) is 0 Å². The van der Waals surface area contributed by atoms with Crippen molar-refractivity contribution in [3.8, 4) is 0 Å². The highest BCUT2D eigenvalue weighted by Gasteiger charge is 2.13. The number of aryl methyl sites for hydroxylation is 1. The van der Waals surface area contributed by atoms with Gasteiger partial charge in [0, 0.05) is 11.1 Å². The maximum absolute atomic E-state index is 13.7. The maximum Gasteiger partial charge on any atom is 0.183 e. The van der Waals surface area contributed by atoms with Gasteiger partial charge in [0.25, 0.3) is 0 Å². The number of aromatic nitrogens is 1. The Bertz CT molecular complexity index is 589. The van der Waals surface area contributed by atoms with Gasteiger partial charge in [-0.25, -0.2) is 9.37 Å². The van der Waals surface area contributed by atoms with Crippen molar-refractivity contribution in [1.82, 2.24) is 4.98 Å². The predicted octanol–water partition coefficient (Wildman–Crippen LogP) is 5.38. The number of thiazole rings is 1. The highest BCUT2D eigenvalue weighted by atomic mass is 79.9. The lowest BCUT2D eigenvalue weighted by Crippen LogP contribution is -2.02. The van der Waals surface area contributed by atoms with Crippen molar-refractivity contribution in [2.75, 3.05) is 5.32 Å². The summed E-state index contributed by atoms with van der Waals surface area (Å²) in [7, 11) is 0. The summed E-state index contributed by atoms with van der Waals surface area (Å²) in [6, 6.07) is 1.74. The summed E-state index contributed by atoms with van der Waals surface area (Å²) < 4.78 is 15.1. The second kappa shape index (κ2) is 5.86. The van der Waals surface area contributed by atoms with E-state index in [1.807, 2.05) is 6.92 Å². The van der Waals surface area contributed by atoms with E-state index in [1.165, 1.54) is 11.3 Å². The monoisotopic (exact) mass is 412 g/mol. The molecule has 0 aliphatic rings. The molecule has 1 heterocycles. The van der Waals surface area contributed by atoms with Gasteiger partial charge < -0.3 is 5.32 Å². The van der Waals surface area contributed by atoms with Gasteiger partial charge in [0.2, 0.25) is 0 Å². The highest BCUT2D eigenvalue weighted by molar-refractivity contribution is 9.11. The van der Waals surface area contributed by atoms with Gasteiger partial charge in [0.05, 0.1) is 21.2 Å². The fraction of sp³-hybridized carbons (Fsp3) is 0.182. The Morgan fingerprint density at radius 3 is 2.83 bits per heavy atom. The van der Waals surface area contributed by atoms with E-state index in [0.717, 1.165) is 16.1 Å². The van der Waals surface area contributed by atoms with Gasteiger partial charge in [-0.15, -0.1) is 11.3 Å². The molecule has 2 nitrogen and oxygen atoms in total. The first-order valence-corrected chi connectivity index (χ1v) is 7.75. The van der Waals surface area contributed by atoms with Crippen LogP contribution >= 0.6 is 54.8 Å². The number of nitrogens with one attached hydrogen (secondary N) is 1. The minimum Gasteiger partial charge on any atom is -0.379 e. The van der Waals surface area contributed by atoms with E-state index in [0.29, 0.717) is 20.0 Å². The van der Waals surface area contributed by atoms with E-state index in [4.69, 9.17) is 11.6 Å². The molecule has 0 radical (unpaired) electrons. The van der Waals surface area contributed by atoms with E-state index < -0.39 is 0 Å². The van der Waals surface area contributed by atoms with Crippen LogP contribution in [0.4, 0.5) is 10.1 Å². The zero-order valence-corrected chi connectivity index (χ0v) is 14.0.